The van der Waals surface area contributed by atoms with E-state index < -0.39 is 0 Å². The molecule has 0 N–H and O–H groups in total. The third-order valence-corrected chi connectivity index (χ3v) is 4.36. The van der Waals surface area contributed by atoms with E-state index in [2.05, 4.69) is 12.0 Å². The zero-order valence-electron chi connectivity index (χ0n) is 13.0. The monoisotopic (exact) mass is 287 g/mol. The number of hydrogen-bond donors (Lipinski definition) is 0. The highest BCUT2D eigenvalue weighted by Gasteiger charge is 2.36. The van der Waals surface area contributed by atoms with Crippen LogP contribution < -0.4 is 0 Å². The minimum absolute atomic E-state index is 0.0293. The molecule has 0 aromatic carbocycles. The lowest BCUT2D eigenvalue weighted by Gasteiger charge is -2.15. The van der Waals surface area contributed by atoms with E-state index in [9.17, 15) is 4.79 Å². The first-order valence-corrected chi connectivity index (χ1v) is 7.30. The molecule has 5 nitrogen and oxygen atoms in total. The highest BCUT2D eigenvalue weighted by molar-refractivity contribution is 5.94. The molecule has 0 radical (unpaired) electrons. The molecule has 2 heterocycles. The van der Waals surface area contributed by atoms with Crippen molar-refractivity contribution in [1.82, 2.24) is 14.7 Å². The second-order valence-electron chi connectivity index (χ2n) is 6.05. The molecule has 0 bridgehead atoms. The fourth-order valence-electron chi connectivity index (χ4n) is 2.62. The van der Waals surface area contributed by atoms with Crippen LogP contribution in [-0.2, 0) is 13.6 Å². The van der Waals surface area contributed by atoms with Crippen molar-refractivity contribution in [3.05, 3.63) is 41.1 Å². The Morgan fingerprint density at radius 3 is 2.81 bits per heavy atom. The number of nitrogens with zero attached hydrogens (tertiary/aromatic N) is 3. The molecule has 1 fully saturated rings. The van der Waals surface area contributed by atoms with E-state index in [0.29, 0.717) is 18.0 Å². The topological polar surface area (TPSA) is 51.3 Å². The number of aryl methyl sites for hydroxylation is 1. The zero-order chi connectivity index (χ0) is 15.1. The quantitative estimate of drug-likeness (QED) is 0.868. The summed E-state index contributed by atoms with van der Waals surface area (Å²) in [4.78, 5) is 14.1. The molecule has 2 unspecified atom stereocenters. The van der Waals surface area contributed by atoms with Gasteiger partial charge < -0.3 is 9.32 Å². The van der Waals surface area contributed by atoms with Crippen LogP contribution in [0.2, 0.25) is 0 Å². The van der Waals surface area contributed by atoms with E-state index >= 15 is 0 Å². The van der Waals surface area contributed by atoms with E-state index in [0.717, 1.165) is 23.1 Å². The molecule has 1 amide bonds. The Morgan fingerprint density at radius 1 is 1.52 bits per heavy atom. The largest absolute Gasteiger partial charge is 0.464 e. The number of amides is 1. The van der Waals surface area contributed by atoms with Gasteiger partial charge in [0.2, 0.25) is 0 Å². The van der Waals surface area contributed by atoms with Crippen molar-refractivity contribution in [2.75, 3.05) is 7.05 Å². The summed E-state index contributed by atoms with van der Waals surface area (Å²) in [6.45, 7) is 4.61. The normalized spacial score (nSPS) is 20.6. The molecule has 2 aromatic heterocycles. The fourth-order valence-corrected chi connectivity index (χ4v) is 2.62. The molecule has 2 aromatic rings. The lowest BCUT2D eigenvalue weighted by Crippen LogP contribution is -2.26. The Balaban J connectivity index is 1.68. The van der Waals surface area contributed by atoms with Gasteiger partial charge in [0.05, 0.1) is 18.3 Å². The number of carbonyl (C=O) groups excluding carboxylic acids is 1. The molecule has 1 aliphatic rings. The summed E-state index contributed by atoms with van der Waals surface area (Å²) in [5.74, 6) is 3.15. The Hall–Kier alpha value is -2.04. The van der Waals surface area contributed by atoms with Crippen LogP contribution in [0.5, 0.6) is 0 Å². The summed E-state index contributed by atoms with van der Waals surface area (Å²) in [5, 5.41) is 4.12. The third kappa shape index (κ3) is 2.60. The van der Waals surface area contributed by atoms with Crippen LogP contribution in [0, 0.1) is 12.8 Å². The van der Waals surface area contributed by atoms with Crippen molar-refractivity contribution in [2.24, 2.45) is 13.0 Å². The highest BCUT2D eigenvalue weighted by Crippen LogP contribution is 2.47. The first-order chi connectivity index (χ1) is 9.97. The van der Waals surface area contributed by atoms with Gasteiger partial charge >= 0.3 is 0 Å². The van der Waals surface area contributed by atoms with Gasteiger partial charge in [-0.3, -0.25) is 9.48 Å². The Kier molecular flexibility index (Phi) is 3.35. The van der Waals surface area contributed by atoms with E-state index in [4.69, 9.17) is 4.42 Å². The number of hydrogen-bond acceptors (Lipinski definition) is 3. The average Bonchev–Trinajstić information content (AvgIpc) is 2.85. The molecule has 112 valence electrons. The van der Waals surface area contributed by atoms with Crippen LogP contribution >= 0.6 is 0 Å². The van der Waals surface area contributed by atoms with Gasteiger partial charge in [-0.2, -0.15) is 5.10 Å². The van der Waals surface area contributed by atoms with Gasteiger partial charge in [0.1, 0.15) is 11.5 Å². The van der Waals surface area contributed by atoms with Gasteiger partial charge in [-0.25, -0.2) is 0 Å². The summed E-state index contributed by atoms with van der Waals surface area (Å²) in [7, 11) is 3.62. The van der Waals surface area contributed by atoms with Crippen LogP contribution in [0.1, 0.15) is 46.8 Å². The van der Waals surface area contributed by atoms with Crippen LogP contribution in [0.25, 0.3) is 0 Å². The van der Waals surface area contributed by atoms with Crippen molar-refractivity contribution < 1.29 is 9.21 Å². The van der Waals surface area contributed by atoms with Crippen LogP contribution in [0.15, 0.2) is 22.7 Å². The first kappa shape index (κ1) is 13.9. The number of aromatic nitrogens is 2. The van der Waals surface area contributed by atoms with Crippen molar-refractivity contribution in [2.45, 2.75) is 32.7 Å². The van der Waals surface area contributed by atoms with Crippen LogP contribution in [0.4, 0.5) is 0 Å². The Morgan fingerprint density at radius 2 is 2.24 bits per heavy atom. The predicted molar refractivity (Wildman–Crippen MR) is 79.0 cm³/mol. The predicted octanol–water partition coefficient (Wildman–Crippen LogP) is 2.72. The molecule has 1 saturated carbocycles. The average molecular weight is 287 g/mol. The maximum Gasteiger partial charge on any atom is 0.257 e. The smallest absolute Gasteiger partial charge is 0.257 e. The lowest BCUT2D eigenvalue weighted by molar-refractivity contribution is 0.0774. The molecule has 0 aliphatic heterocycles. The minimum atomic E-state index is -0.0293. The van der Waals surface area contributed by atoms with Gasteiger partial charge in [-0.1, -0.05) is 6.92 Å². The Bertz CT molecular complexity index is 671. The van der Waals surface area contributed by atoms with Crippen molar-refractivity contribution in [1.29, 1.82) is 0 Å². The SMILES string of the molecule is Cc1c(C(=O)N(C)Cc2ccc(C3CC3C)o2)cnn1C. The van der Waals surface area contributed by atoms with E-state index in [1.807, 2.05) is 26.1 Å². The number of furan rings is 1. The number of carbonyl (C=O) groups is 1. The standard InChI is InChI=1S/C16H21N3O2/c1-10-7-13(10)15-6-5-12(21-15)9-18(3)16(20)14-8-17-19(4)11(14)2/h5-6,8,10,13H,7,9H2,1-4H3. The molecule has 0 saturated heterocycles. The molecule has 0 spiro atoms. The van der Waals surface area contributed by atoms with Crippen molar-refractivity contribution in [3.8, 4) is 0 Å². The first-order valence-electron chi connectivity index (χ1n) is 7.30. The van der Waals surface area contributed by atoms with E-state index in [-0.39, 0.29) is 5.91 Å². The zero-order valence-corrected chi connectivity index (χ0v) is 13.0. The van der Waals surface area contributed by atoms with Gasteiger partial charge in [0, 0.05) is 25.7 Å². The van der Waals surface area contributed by atoms with Gasteiger partial charge in [0.25, 0.3) is 5.91 Å². The summed E-state index contributed by atoms with van der Waals surface area (Å²) >= 11 is 0. The summed E-state index contributed by atoms with van der Waals surface area (Å²) in [6, 6.07) is 4.01. The van der Waals surface area contributed by atoms with Crippen LogP contribution in [0.3, 0.4) is 0 Å². The Labute approximate surface area is 124 Å². The summed E-state index contributed by atoms with van der Waals surface area (Å²) < 4.78 is 7.56. The highest BCUT2D eigenvalue weighted by atomic mass is 16.3. The summed E-state index contributed by atoms with van der Waals surface area (Å²) in [5.41, 5.74) is 1.52. The molecule has 5 heteroatoms. The van der Waals surface area contributed by atoms with Gasteiger partial charge in [-0.15, -0.1) is 0 Å². The maximum absolute atomic E-state index is 12.4. The molecule has 3 rings (SSSR count). The van der Waals surface area contributed by atoms with Gasteiger partial charge in [0.15, 0.2) is 0 Å². The summed E-state index contributed by atoms with van der Waals surface area (Å²) in [6.07, 6.45) is 2.82. The second-order valence-corrected chi connectivity index (χ2v) is 6.05. The van der Waals surface area contributed by atoms with E-state index in [1.165, 1.54) is 6.42 Å². The maximum atomic E-state index is 12.4. The number of rotatable bonds is 4. The van der Waals surface area contributed by atoms with Crippen molar-refractivity contribution >= 4 is 5.91 Å². The molecule has 2 atom stereocenters. The second kappa shape index (κ2) is 5.06. The lowest BCUT2D eigenvalue weighted by atomic mass is 10.2. The fraction of sp³-hybridized carbons (Fsp3) is 0.500. The van der Waals surface area contributed by atoms with Crippen molar-refractivity contribution in [3.63, 3.8) is 0 Å². The molecule has 1 aliphatic carbocycles. The van der Waals surface area contributed by atoms with Gasteiger partial charge in [-0.05, 0) is 31.4 Å². The van der Waals surface area contributed by atoms with Crippen LogP contribution in [-0.4, -0.2) is 27.6 Å². The minimum Gasteiger partial charge on any atom is -0.464 e. The molecular weight excluding hydrogens is 266 g/mol. The third-order valence-electron chi connectivity index (χ3n) is 4.36. The molecular formula is C16H21N3O2. The van der Waals surface area contributed by atoms with E-state index in [1.54, 1.807) is 22.8 Å². The molecule has 21 heavy (non-hydrogen) atoms.